The average Bonchev–Trinajstić information content (AvgIpc) is 2.96. The van der Waals surface area contributed by atoms with Crippen molar-refractivity contribution in [2.24, 2.45) is 5.73 Å². The Morgan fingerprint density at radius 3 is 2.30 bits per heavy atom. The molecule has 0 bridgehead atoms. The van der Waals surface area contributed by atoms with Gasteiger partial charge in [0.2, 0.25) is 0 Å². The second kappa shape index (κ2) is 7.66. The van der Waals surface area contributed by atoms with Gasteiger partial charge >= 0.3 is 12.2 Å². The predicted molar refractivity (Wildman–Crippen MR) is 107 cm³/mol. The van der Waals surface area contributed by atoms with Gasteiger partial charge in [-0.3, -0.25) is 4.79 Å². The van der Waals surface area contributed by atoms with E-state index in [9.17, 15) is 22.8 Å². The molecular formula is C22H24F3N3O2. The van der Waals surface area contributed by atoms with Crippen LogP contribution >= 0.6 is 0 Å². The zero-order valence-corrected chi connectivity index (χ0v) is 16.9. The van der Waals surface area contributed by atoms with E-state index < -0.39 is 41.2 Å². The summed E-state index contributed by atoms with van der Waals surface area (Å²) >= 11 is 0. The second-order valence-corrected chi connectivity index (χ2v) is 8.48. The Labute approximate surface area is 172 Å². The lowest BCUT2D eigenvalue weighted by atomic mass is 9.82. The highest BCUT2D eigenvalue weighted by Crippen LogP contribution is 2.35. The average molecular weight is 419 g/mol. The number of urea groups is 1. The molecule has 30 heavy (non-hydrogen) atoms. The van der Waals surface area contributed by atoms with Gasteiger partial charge in [-0.1, -0.05) is 51.1 Å². The number of halogens is 3. The smallest absolute Gasteiger partial charge is 0.352 e. The van der Waals surface area contributed by atoms with Crippen LogP contribution in [0.25, 0.3) is 0 Å². The molecule has 2 aromatic carbocycles. The number of carbonyl (C=O) groups is 2. The van der Waals surface area contributed by atoms with Crippen LogP contribution in [0.15, 0.2) is 42.5 Å². The van der Waals surface area contributed by atoms with E-state index in [-0.39, 0.29) is 5.56 Å². The third-order valence-electron chi connectivity index (χ3n) is 5.25. The molecule has 0 radical (unpaired) electrons. The summed E-state index contributed by atoms with van der Waals surface area (Å²) in [5.74, 6) is -0.625. The highest BCUT2D eigenvalue weighted by Gasteiger charge is 2.36. The molecule has 1 aliphatic rings. The molecule has 0 aromatic heterocycles. The van der Waals surface area contributed by atoms with Gasteiger partial charge in [0.25, 0.3) is 5.91 Å². The molecule has 160 valence electrons. The van der Waals surface area contributed by atoms with Crippen LogP contribution in [-0.4, -0.2) is 18.0 Å². The number of nitrogens with one attached hydrogen (secondary N) is 2. The number of carbonyl (C=O) groups excluding carboxylic acids is 2. The van der Waals surface area contributed by atoms with Crippen molar-refractivity contribution in [2.45, 2.75) is 50.9 Å². The molecule has 5 nitrogen and oxygen atoms in total. The molecule has 0 spiro atoms. The molecule has 3 rings (SSSR count). The zero-order chi connectivity index (χ0) is 22.3. The van der Waals surface area contributed by atoms with Crippen LogP contribution in [0.3, 0.4) is 0 Å². The summed E-state index contributed by atoms with van der Waals surface area (Å²) in [6.07, 6.45) is -4.14. The summed E-state index contributed by atoms with van der Waals surface area (Å²) in [4.78, 5) is 24.6. The maximum Gasteiger partial charge on any atom is 0.416 e. The third-order valence-corrected chi connectivity index (χ3v) is 5.25. The summed E-state index contributed by atoms with van der Waals surface area (Å²) in [5.41, 5.74) is 6.09. The number of fused-ring (bicyclic) bond motifs is 1. The molecule has 0 heterocycles. The van der Waals surface area contributed by atoms with Crippen LogP contribution < -0.4 is 16.4 Å². The van der Waals surface area contributed by atoms with Gasteiger partial charge in [-0.15, -0.1) is 0 Å². The molecule has 2 unspecified atom stereocenters. The van der Waals surface area contributed by atoms with E-state index in [1.54, 1.807) is 0 Å². The van der Waals surface area contributed by atoms with E-state index in [1.807, 2.05) is 45.0 Å². The summed E-state index contributed by atoms with van der Waals surface area (Å²) < 4.78 is 39.8. The van der Waals surface area contributed by atoms with Gasteiger partial charge in [0, 0.05) is 5.56 Å². The Balaban J connectivity index is 1.96. The molecular weight excluding hydrogens is 395 g/mol. The molecule has 0 aliphatic heterocycles. The Kier molecular flexibility index (Phi) is 5.54. The lowest BCUT2D eigenvalue weighted by molar-refractivity contribution is -0.137. The maximum absolute atomic E-state index is 13.3. The first-order valence-electron chi connectivity index (χ1n) is 9.54. The molecule has 4 N–H and O–H groups in total. The van der Waals surface area contributed by atoms with E-state index >= 15 is 0 Å². The number of hydrogen-bond donors (Lipinski definition) is 3. The topological polar surface area (TPSA) is 84.2 Å². The van der Waals surface area contributed by atoms with Crippen molar-refractivity contribution >= 4 is 11.9 Å². The van der Waals surface area contributed by atoms with E-state index in [0.29, 0.717) is 12.0 Å². The van der Waals surface area contributed by atoms with Crippen molar-refractivity contribution in [1.82, 2.24) is 10.6 Å². The molecule has 8 heteroatoms. The van der Waals surface area contributed by atoms with Crippen LogP contribution in [0.5, 0.6) is 0 Å². The minimum Gasteiger partial charge on any atom is -0.352 e. The number of alkyl halides is 3. The van der Waals surface area contributed by atoms with Crippen LogP contribution in [0.4, 0.5) is 18.0 Å². The molecule has 3 amide bonds. The highest BCUT2D eigenvalue weighted by atomic mass is 19.4. The zero-order valence-electron chi connectivity index (χ0n) is 16.9. The standard InChI is InChI=1S/C22H24F3N3O2/c1-21(2,3)16-9-8-13(22(23,24)25)11-15(16)19(29)27-17-10-12-6-4-5-7-14(12)18(17)28-20(26)30/h4-9,11,17-18H,10H2,1-3H3,(H,27,29)(H3,26,28,30). The first kappa shape index (κ1) is 21.7. The van der Waals surface area contributed by atoms with Crippen molar-refractivity contribution < 1.29 is 22.8 Å². The van der Waals surface area contributed by atoms with Crippen molar-refractivity contribution in [3.05, 3.63) is 70.3 Å². The first-order chi connectivity index (χ1) is 13.9. The number of benzene rings is 2. The fourth-order valence-corrected chi connectivity index (χ4v) is 3.87. The molecule has 2 atom stereocenters. The van der Waals surface area contributed by atoms with Gasteiger partial charge in [-0.2, -0.15) is 13.2 Å². The molecule has 0 saturated carbocycles. The van der Waals surface area contributed by atoms with Gasteiger partial charge in [0.05, 0.1) is 17.6 Å². The van der Waals surface area contributed by atoms with Crippen LogP contribution in [0, 0.1) is 0 Å². The second-order valence-electron chi connectivity index (χ2n) is 8.48. The van der Waals surface area contributed by atoms with Gasteiger partial charge < -0.3 is 16.4 Å². The Morgan fingerprint density at radius 2 is 1.70 bits per heavy atom. The van der Waals surface area contributed by atoms with E-state index in [0.717, 1.165) is 23.3 Å². The van der Waals surface area contributed by atoms with Gasteiger partial charge in [-0.05, 0) is 40.7 Å². The van der Waals surface area contributed by atoms with Crippen molar-refractivity contribution in [3.63, 3.8) is 0 Å². The van der Waals surface area contributed by atoms with E-state index in [4.69, 9.17) is 5.73 Å². The Morgan fingerprint density at radius 1 is 1.03 bits per heavy atom. The van der Waals surface area contributed by atoms with Crippen LogP contribution in [0.1, 0.15) is 59.4 Å². The molecule has 0 fully saturated rings. The lowest BCUT2D eigenvalue weighted by Crippen LogP contribution is -2.46. The fourth-order valence-electron chi connectivity index (χ4n) is 3.87. The molecule has 2 aromatic rings. The molecule has 0 saturated heterocycles. The SMILES string of the molecule is CC(C)(C)c1ccc(C(F)(F)F)cc1C(=O)NC1Cc2ccccc2C1NC(N)=O. The van der Waals surface area contributed by atoms with E-state index in [1.165, 1.54) is 6.07 Å². The third kappa shape index (κ3) is 4.42. The summed E-state index contributed by atoms with van der Waals surface area (Å²) in [6.45, 7) is 5.49. The quantitative estimate of drug-likeness (QED) is 0.701. The number of hydrogen-bond acceptors (Lipinski definition) is 2. The molecule has 1 aliphatic carbocycles. The van der Waals surface area contributed by atoms with Crippen molar-refractivity contribution in [2.75, 3.05) is 0 Å². The lowest BCUT2D eigenvalue weighted by Gasteiger charge is -2.26. The van der Waals surface area contributed by atoms with E-state index in [2.05, 4.69) is 10.6 Å². The number of nitrogens with two attached hydrogens (primary N) is 1. The Bertz CT molecular complexity index is 980. The number of primary amides is 1. The minimum absolute atomic E-state index is 0.0360. The Hall–Kier alpha value is -3.03. The summed E-state index contributed by atoms with van der Waals surface area (Å²) in [7, 11) is 0. The summed E-state index contributed by atoms with van der Waals surface area (Å²) in [6, 6.07) is 8.73. The monoisotopic (exact) mass is 419 g/mol. The number of amides is 3. The van der Waals surface area contributed by atoms with Gasteiger partial charge in [0.1, 0.15) is 0 Å². The minimum atomic E-state index is -4.56. The maximum atomic E-state index is 13.3. The van der Waals surface area contributed by atoms with Gasteiger partial charge in [-0.25, -0.2) is 4.79 Å². The van der Waals surface area contributed by atoms with Gasteiger partial charge in [0.15, 0.2) is 0 Å². The fraction of sp³-hybridized carbons (Fsp3) is 0.364. The summed E-state index contributed by atoms with van der Waals surface area (Å²) in [5, 5.41) is 5.44. The van der Waals surface area contributed by atoms with Crippen molar-refractivity contribution in [1.29, 1.82) is 0 Å². The van der Waals surface area contributed by atoms with Crippen LogP contribution in [0.2, 0.25) is 0 Å². The number of rotatable bonds is 3. The van der Waals surface area contributed by atoms with Crippen LogP contribution in [-0.2, 0) is 18.0 Å². The largest absolute Gasteiger partial charge is 0.416 e. The normalized spacial score (nSPS) is 18.6. The van der Waals surface area contributed by atoms with Crippen molar-refractivity contribution in [3.8, 4) is 0 Å². The highest BCUT2D eigenvalue weighted by molar-refractivity contribution is 5.96. The predicted octanol–water partition coefficient (Wildman–Crippen LogP) is 4.07. The first-order valence-corrected chi connectivity index (χ1v) is 9.54.